The van der Waals surface area contributed by atoms with Gasteiger partial charge in [-0.3, -0.25) is 4.79 Å². The van der Waals surface area contributed by atoms with Crippen molar-refractivity contribution in [1.29, 1.82) is 5.41 Å². The lowest BCUT2D eigenvalue weighted by atomic mass is 9.68. The Balaban J connectivity index is 0.000000250. The Kier molecular flexibility index (Phi) is 22.5. The molecule has 9 nitrogen and oxygen atoms in total. The average Bonchev–Trinajstić information content (AvgIpc) is 3.28. The molecule has 6 rings (SSSR count). The van der Waals surface area contributed by atoms with Gasteiger partial charge >= 0.3 is 11.9 Å². The largest absolute Gasteiger partial charge is 0.497 e. The molecule has 0 saturated heterocycles. The van der Waals surface area contributed by atoms with Crippen LogP contribution in [0.2, 0.25) is 0 Å². The summed E-state index contributed by atoms with van der Waals surface area (Å²) in [6.45, 7) is 10.3. The van der Waals surface area contributed by atoms with Gasteiger partial charge in [-0.2, -0.15) is 0 Å². The van der Waals surface area contributed by atoms with E-state index in [1.807, 2.05) is 30.3 Å². The van der Waals surface area contributed by atoms with E-state index < -0.39 is 0 Å². The van der Waals surface area contributed by atoms with Crippen molar-refractivity contribution in [1.82, 2.24) is 0 Å². The van der Waals surface area contributed by atoms with E-state index in [-0.39, 0.29) is 23.8 Å². The molecular weight excluding hydrogens is 755 g/mol. The van der Waals surface area contributed by atoms with Crippen LogP contribution in [-0.2, 0) is 23.9 Å². The van der Waals surface area contributed by atoms with Crippen LogP contribution < -0.4 is 14.2 Å². The molecule has 4 aliphatic carbocycles. The van der Waals surface area contributed by atoms with Gasteiger partial charge in [0.1, 0.15) is 30.1 Å². The summed E-state index contributed by atoms with van der Waals surface area (Å²) in [5.41, 5.74) is 1.98. The summed E-state index contributed by atoms with van der Waals surface area (Å²) in [6, 6.07) is 13.6. The molecule has 0 unspecified atom stereocenters. The third-order valence-corrected chi connectivity index (χ3v) is 13.3. The maximum atomic E-state index is 12.7. The number of esters is 2. The summed E-state index contributed by atoms with van der Waals surface area (Å²) in [6.07, 6.45) is 26.2. The lowest BCUT2D eigenvalue weighted by Crippen LogP contribution is -2.26. The van der Waals surface area contributed by atoms with E-state index in [0.717, 1.165) is 73.7 Å². The smallest absolute Gasteiger partial charge is 0.330 e. The molecule has 60 heavy (non-hydrogen) atoms. The topological polar surface area (TPSA) is 121 Å². The molecule has 0 atom stereocenters. The maximum absolute atomic E-state index is 12.7. The number of hydrogen-bond donors (Lipinski definition) is 1. The molecule has 0 aliphatic heterocycles. The number of methoxy groups -OCH3 is 1. The lowest BCUT2D eigenvalue weighted by molar-refractivity contribution is -0.141. The second-order valence-electron chi connectivity index (χ2n) is 17.4. The van der Waals surface area contributed by atoms with Gasteiger partial charge in [0.15, 0.2) is 0 Å². The van der Waals surface area contributed by atoms with Crippen molar-refractivity contribution in [2.75, 3.05) is 33.5 Å². The summed E-state index contributed by atoms with van der Waals surface area (Å²) < 4.78 is 26.4. The third kappa shape index (κ3) is 16.8. The summed E-state index contributed by atoms with van der Waals surface area (Å²) >= 11 is 0. The van der Waals surface area contributed by atoms with E-state index in [0.29, 0.717) is 49.9 Å². The Morgan fingerprint density at radius 3 is 1.95 bits per heavy atom. The number of benzene rings is 2. The quantitative estimate of drug-likeness (QED) is 0.0371. The Morgan fingerprint density at radius 1 is 0.733 bits per heavy atom. The molecule has 4 aliphatic rings. The molecule has 4 fully saturated rings. The summed E-state index contributed by atoms with van der Waals surface area (Å²) in [5, 5.41) is 7.89. The minimum Gasteiger partial charge on any atom is -0.497 e. The summed E-state index contributed by atoms with van der Waals surface area (Å²) in [4.78, 5) is 34.2. The molecule has 9 heteroatoms. The number of nitrogens with one attached hydrogen (secondary N) is 1. The van der Waals surface area contributed by atoms with Gasteiger partial charge in [0.25, 0.3) is 0 Å². The Bertz CT molecular complexity index is 1550. The highest BCUT2D eigenvalue weighted by atomic mass is 16.5. The van der Waals surface area contributed by atoms with Crippen molar-refractivity contribution in [3.05, 3.63) is 66.2 Å². The number of rotatable bonds is 19. The number of carbonyl (C=O) groups is 3. The van der Waals surface area contributed by atoms with Crippen LogP contribution in [0.25, 0.3) is 0 Å². The molecule has 0 amide bonds. The van der Waals surface area contributed by atoms with Gasteiger partial charge in [-0.1, -0.05) is 71.4 Å². The van der Waals surface area contributed by atoms with Crippen molar-refractivity contribution in [3.63, 3.8) is 0 Å². The first-order valence-corrected chi connectivity index (χ1v) is 23.3. The lowest BCUT2D eigenvalue weighted by Gasteiger charge is -2.38. The molecule has 0 spiro atoms. The van der Waals surface area contributed by atoms with Crippen molar-refractivity contribution in [2.45, 2.75) is 142 Å². The molecule has 0 bridgehead atoms. The number of carbonyl (C=O) groups excluding carboxylic acids is 3. The molecule has 1 N–H and O–H groups in total. The number of aldehydes is 1. The molecule has 332 valence electrons. The monoisotopic (exact) mass is 830 g/mol. The van der Waals surface area contributed by atoms with E-state index >= 15 is 0 Å². The van der Waals surface area contributed by atoms with Crippen LogP contribution in [0, 0.1) is 40.9 Å². The van der Waals surface area contributed by atoms with Gasteiger partial charge in [-0.05, 0) is 149 Å². The van der Waals surface area contributed by atoms with Crippen LogP contribution in [0.15, 0.2) is 55.1 Å². The first-order chi connectivity index (χ1) is 29.3. The highest BCUT2D eigenvalue weighted by Gasteiger charge is 2.32. The molecule has 2 aromatic rings. The predicted octanol–water partition coefficient (Wildman–Crippen LogP) is 11.9. The SMILES string of the molecule is C=CC(=O)OCCC1CCC1.CCCC1CCC(C2CCC(c3ccc(OC(=O)C4CCC(C=O)CC4)c(C=N)c3)CC2)CC1.CCCOCCOc1ccc(OC)cc1. The molecule has 2 aromatic carbocycles. The van der Waals surface area contributed by atoms with E-state index in [1.54, 1.807) is 7.11 Å². The van der Waals surface area contributed by atoms with Gasteiger partial charge in [0.2, 0.25) is 0 Å². The normalized spacial score (nSPS) is 23.8. The zero-order valence-electron chi connectivity index (χ0n) is 37.1. The Labute approximate surface area is 361 Å². The number of ether oxygens (including phenoxy) is 5. The van der Waals surface area contributed by atoms with Gasteiger partial charge in [-0.25, -0.2) is 4.79 Å². The van der Waals surface area contributed by atoms with Crippen LogP contribution in [0.4, 0.5) is 0 Å². The van der Waals surface area contributed by atoms with Crippen LogP contribution in [0.1, 0.15) is 153 Å². The van der Waals surface area contributed by atoms with Gasteiger partial charge in [0.05, 0.1) is 26.2 Å². The third-order valence-electron chi connectivity index (χ3n) is 13.3. The van der Waals surface area contributed by atoms with Crippen molar-refractivity contribution in [2.24, 2.45) is 35.5 Å². The van der Waals surface area contributed by atoms with Crippen molar-refractivity contribution < 1.29 is 38.1 Å². The average molecular weight is 830 g/mol. The van der Waals surface area contributed by atoms with E-state index in [1.165, 1.54) is 101 Å². The fourth-order valence-corrected chi connectivity index (χ4v) is 9.29. The maximum Gasteiger partial charge on any atom is 0.330 e. The molecule has 0 radical (unpaired) electrons. The van der Waals surface area contributed by atoms with Gasteiger partial charge in [0, 0.05) is 30.4 Å². The molecule has 0 aromatic heterocycles. The molecular formula is C51H75NO8. The minimum absolute atomic E-state index is 0.0895. The van der Waals surface area contributed by atoms with Crippen LogP contribution in [0.3, 0.4) is 0 Å². The van der Waals surface area contributed by atoms with E-state index in [2.05, 4.69) is 32.6 Å². The fourth-order valence-electron chi connectivity index (χ4n) is 9.29. The first-order valence-electron chi connectivity index (χ1n) is 23.3. The van der Waals surface area contributed by atoms with Gasteiger partial charge in [-0.15, -0.1) is 0 Å². The second-order valence-corrected chi connectivity index (χ2v) is 17.4. The van der Waals surface area contributed by atoms with Crippen molar-refractivity contribution >= 4 is 24.4 Å². The fraction of sp³-hybridized carbons (Fsp3) is 0.647. The standard InChI is InChI=1S/C30H43NO3.C12H18O3.C9H14O2/c1-2-3-21-4-8-23(9-5-21)24-12-14-25(15-13-24)27-16-17-29(28(18-27)19-31)34-30(33)26-10-6-22(20-32)7-11-26;1-3-8-14-9-10-15-12-6-4-11(13-2)5-7-12;1-2-9(10)11-7-6-8-4-3-5-8/h16-26,31H,2-15H2,1H3;4-7H,3,8-10H2,1-2H3;2,8H,1,3-7H2. The Hall–Kier alpha value is -3.98. The zero-order chi connectivity index (χ0) is 43.0. The first kappa shape index (κ1) is 48.7. The highest BCUT2D eigenvalue weighted by molar-refractivity contribution is 5.85. The van der Waals surface area contributed by atoms with E-state index in [4.69, 9.17) is 29.1 Å². The highest BCUT2D eigenvalue weighted by Crippen LogP contribution is 2.45. The van der Waals surface area contributed by atoms with Gasteiger partial charge < -0.3 is 33.9 Å². The van der Waals surface area contributed by atoms with Crippen LogP contribution in [-0.4, -0.2) is 58.0 Å². The van der Waals surface area contributed by atoms with Crippen LogP contribution in [0.5, 0.6) is 17.2 Å². The summed E-state index contributed by atoms with van der Waals surface area (Å²) in [7, 11) is 1.65. The van der Waals surface area contributed by atoms with Crippen LogP contribution >= 0.6 is 0 Å². The predicted molar refractivity (Wildman–Crippen MR) is 239 cm³/mol. The minimum atomic E-state index is -0.302. The number of hydrogen-bond acceptors (Lipinski definition) is 9. The molecule has 4 saturated carbocycles. The zero-order valence-corrected chi connectivity index (χ0v) is 37.1. The molecule has 0 heterocycles. The Morgan fingerprint density at radius 2 is 1.38 bits per heavy atom. The summed E-state index contributed by atoms with van der Waals surface area (Å²) in [5.74, 6) is 5.80. The van der Waals surface area contributed by atoms with Crippen molar-refractivity contribution in [3.8, 4) is 17.2 Å². The second kappa shape index (κ2) is 27.8. The van der Waals surface area contributed by atoms with E-state index in [9.17, 15) is 14.4 Å².